The maximum absolute atomic E-state index is 12.5. The number of aromatic hydroxyl groups is 1. The quantitative estimate of drug-likeness (QED) is 0.265. The van der Waals surface area contributed by atoms with Gasteiger partial charge in [-0.05, 0) is 85.7 Å². The maximum Gasteiger partial charge on any atom is 0.213 e. The summed E-state index contributed by atoms with van der Waals surface area (Å²) in [6, 6.07) is 6.17. The Morgan fingerprint density at radius 1 is 1.31 bits per heavy atom. The first-order valence-corrected chi connectivity index (χ1v) is 13.0. The first-order chi connectivity index (χ1) is 16.8. The molecule has 188 valence electrons. The largest absolute Gasteiger partial charge is 0.508 e. The van der Waals surface area contributed by atoms with E-state index in [0.717, 1.165) is 69.3 Å². The van der Waals surface area contributed by atoms with Crippen molar-refractivity contribution in [2.45, 2.75) is 67.5 Å². The number of phenolic OH excluding ortho intramolecular Hbond substituents is 1. The van der Waals surface area contributed by atoms with Crippen LogP contribution in [0.15, 0.2) is 30.6 Å². The molecule has 1 aromatic heterocycles. The van der Waals surface area contributed by atoms with Gasteiger partial charge < -0.3 is 27.0 Å². The number of nitrogens with two attached hydrogens (primary N) is 2. The number of rotatable bonds is 6. The molecule has 4 aliphatic rings. The highest BCUT2D eigenvalue weighted by Crippen LogP contribution is 2.59. The summed E-state index contributed by atoms with van der Waals surface area (Å²) >= 11 is 0. The smallest absolute Gasteiger partial charge is 0.213 e. The van der Waals surface area contributed by atoms with Gasteiger partial charge >= 0.3 is 0 Å². The number of benzene rings is 1. The molecule has 3 fully saturated rings. The van der Waals surface area contributed by atoms with Crippen molar-refractivity contribution in [2.75, 3.05) is 26.2 Å². The highest BCUT2D eigenvalue weighted by atomic mass is 16.3. The van der Waals surface area contributed by atoms with Crippen molar-refractivity contribution < 1.29 is 10.2 Å². The summed E-state index contributed by atoms with van der Waals surface area (Å²) in [6.45, 7) is 3.29. The van der Waals surface area contributed by atoms with Crippen LogP contribution in [-0.2, 0) is 11.8 Å². The maximum atomic E-state index is 12.5. The molecule has 2 aromatic rings. The van der Waals surface area contributed by atoms with Gasteiger partial charge in [0.15, 0.2) is 0 Å². The summed E-state index contributed by atoms with van der Waals surface area (Å²) in [5, 5.41) is 38.2. The summed E-state index contributed by atoms with van der Waals surface area (Å²) in [4.78, 5) is 2.54. The predicted molar refractivity (Wildman–Crippen MR) is 133 cm³/mol. The molecule has 2 bridgehead atoms. The van der Waals surface area contributed by atoms with E-state index in [0.29, 0.717) is 24.4 Å². The van der Waals surface area contributed by atoms with E-state index < -0.39 is 5.60 Å². The number of aromatic nitrogens is 2. The SMILES string of the molecule is N=C(N)n1cc(C2CC2CN2CC[C@]34C[C@H](NCCN)CC[C@@]3(O)[C@H]2Cc2ccc(O)cc24)cn1. The normalized spacial score (nSPS) is 35.8. The van der Waals surface area contributed by atoms with E-state index >= 15 is 0 Å². The number of fused-ring (bicyclic) bond motifs is 1. The van der Waals surface area contributed by atoms with Crippen LogP contribution in [0.2, 0.25) is 0 Å². The van der Waals surface area contributed by atoms with Crippen molar-refractivity contribution in [3.63, 3.8) is 0 Å². The fraction of sp³-hybridized carbons (Fsp3) is 0.615. The molecule has 2 heterocycles. The van der Waals surface area contributed by atoms with Crippen molar-refractivity contribution in [3.05, 3.63) is 47.3 Å². The average molecular weight is 480 g/mol. The standard InChI is InChI=1S/C26H37N7O2/c27-6-7-30-19-3-4-26(35)23-10-16-1-2-20(34)11-22(16)25(26,12-19)5-8-32(23)14-17-9-21(17)18-13-31-33(15-18)24(28)29/h1-2,11,13,15,17,19,21,23,30,34-35H,3-10,12,14,27H2,(H3,28,29)/t17?,19-,21?,23-,25-,26-/m1/s1. The van der Waals surface area contributed by atoms with E-state index in [4.69, 9.17) is 16.9 Å². The molecule has 9 heteroatoms. The van der Waals surface area contributed by atoms with Crippen LogP contribution in [0, 0.1) is 11.3 Å². The number of hydrogen-bond donors (Lipinski definition) is 6. The van der Waals surface area contributed by atoms with Gasteiger partial charge in [-0.15, -0.1) is 0 Å². The molecule has 6 rings (SSSR count). The van der Waals surface area contributed by atoms with Crippen LogP contribution >= 0.6 is 0 Å². The summed E-state index contributed by atoms with van der Waals surface area (Å²) in [6.07, 6.45) is 9.08. The molecule has 6 atom stereocenters. The van der Waals surface area contributed by atoms with Gasteiger partial charge in [0, 0.05) is 43.3 Å². The van der Waals surface area contributed by atoms with Crippen LogP contribution in [0.5, 0.6) is 5.75 Å². The molecule has 1 aromatic carbocycles. The second kappa shape index (κ2) is 8.30. The number of nitrogen functional groups attached to an aromatic ring is 1. The van der Waals surface area contributed by atoms with Gasteiger partial charge in [-0.25, -0.2) is 4.68 Å². The highest BCUT2D eigenvalue weighted by molar-refractivity contribution is 5.76. The molecular formula is C26H37N7O2. The Hall–Kier alpha value is -2.46. The Balaban J connectivity index is 1.27. The summed E-state index contributed by atoms with van der Waals surface area (Å²) in [5.41, 5.74) is 13.7. The van der Waals surface area contributed by atoms with Crippen LogP contribution in [0.3, 0.4) is 0 Å². The number of nitrogens with one attached hydrogen (secondary N) is 2. The molecule has 0 radical (unpaired) electrons. The monoisotopic (exact) mass is 479 g/mol. The fourth-order valence-corrected chi connectivity index (χ4v) is 7.60. The average Bonchev–Trinajstić information content (AvgIpc) is 3.41. The zero-order chi connectivity index (χ0) is 24.4. The van der Waals surface area contributed by atoms with E-state index in [9.17, 15) is 10.2 Å². The van der Waals surface area contributed by atoms with Gasteiger partial charge in [-0.2, -0.15) is 5.10 Å². The molecule has 2 unspecified atom stereocenters. The molecule has 9 nitrogen and oxygen atoms in total. The van der Waals surface area contributed by atoms with Crippen molar-refractivity contribution in [1.82, 2.24) is 20.0 Å². The Kier molecular flexibility index (Phi) is 5.45. The third-order valence-electron chi connectivity index (χ3n) is 9.38. The second-order valence-corrected chi connectivity index (χ2v) is 11.2. The molecule has 0 amide bonds. The van der Waals surface area contributed by atoms with E-state index in [2.05, 4.69) is 21.4 Å². The number of aliphatic hydroxyl groups is 1. The molecular weight excluding hydrogens is 442 g/mol. The Bertz CT molecular complexity index is 1130. The van der Waals surface area contributed by atoms with Crippen molar-refractivity contribution in [2.24, 2.45) is 17.4 Å². The molecule has 1 aliphatic heterocycles. The van der Waals surface area contributed by atoms with Crippen molar-refractivity contribution in [3.8, 4) is 5.75 Å². The number of phenols is 1. The van der Waals surface area contributed by atoms with Gasteiger partial charge in [-0.1, -0.05) is 6.07 Å². The third kappa shape index (κ3) is 3.59. The number of nitrogens with zero attached hydrogens (tertiary/aromatic N) is 3. The second-order valence-electron chi connectivity index (χ2n) is 11.2. The lowest BCUT2D eigenvalue weighted by molar-refractivity contribution is -0.170. The van der Waals surface area contributed by atoms with Crippen LogP contribution in [0.4, 0.5) is 0 Å². The van der Waals surface area contributed by atoms with Gasteiger partial charge in [0.2, 0.25) is 5.96 Å². The van der Waals surface area contributed by atoms with Crippen LogP contribution in [0.1, 0.15) is 54.7 Å². The number of piperidine rings is 1. The highest BCUT2D eigenvalue weighted by Gasteiger charge is 2.65. The topological polar surface area (TPSA) is 149 Å². The fourth-order valence-electron chi connectivity index (χ4n) is 7.60. The molecule has 0 spiro atoms. The first-order valence-electron chi connectivity index (χ1n) is 13.0. The Morgan fingerprint density at radius 2 is 2.17 bits per heavy atom. The minimum atomic E-state index is -0.809. The first kappa shape index (κ1) is 23.0. The number of likely N-dealkylation sites (tertiary alicyclic amines) is 1. The molecule has 1 saturated heterocycles. The third-order valence-corrected chi connectivity index (χ3v) is 9.38. The number of hydrogen-bond acceptors (Lipinski definition) is 7. The molecule has 8 N–H and O–H groups in total. The minimum absolute atomic E-state index is 0.0634. The van der Waals surface area contributed by atoms with E-state index in [-0.39, 0.29) is 23.2 Å². The zero-order valence-corrected chi connectivity index (χ0v) is 20.2. The molecule has 2 saturated carbocycles. The van der Waals surface area contributed by atoms with Gasteiger partial charge in [0.25, 0.3) is 0 Å². The van der Waals surface area contributed by atoms with Crippen LogP contribution in [-0.4, -0.2) is 74.7 Å². The summed E-state index contributed by atoms with van der Waals surface area (Å²) < 4.78 is 1.42. The Morgan fingerprint density at radius 3 is 2.94 bits per heavy atom. The van der Waals surface area contributed by atoms with Crippen molar-refractivity contribution in [1.29, 1.82) is 5.41 Å². The van der Waals surface area contributed by atoms with E-state index in [1.54, 1.807) is 6.07 Å². The zero-order valence-electron chi connectivity index (χ0n) is 20.2. The predicted octanol–water partition coefficient (Wildman–Crippen LogP) is 0.834. The van der Waals surface area contributed by atoms with Crippen LogP contribution in [0.25, 0.3) is 0 Å². The van der Waals surface area contributed by atoms with Gasteiger partial charge in [-0.3, -0.25) is 10.3 Å². The lowest BCUT2D eigenvalue weighted by Crippen LogP contribution is -2.74. The van der Waals surface area contributed by atoms with Crippen molar-refractivity contribution >= 4 is 5.96 Å². The lowest BCUT2D eigenvalue weighted by atomic mass is 9.49. The van der Waals surface area contributed by atoms with Gasteiger partial charge in [0.05, 0.1) is 11.8 Å². The van der Waals surface area contributed by atoms with E-state index in [1.165, 1.54) is 10.2 Å². The minimum Gasteiger partial charge on any atom is -0.508 e. The molecule has 35 heavy (non-hydrogen) atoms. The summed E-state index contributed by atoms with van der Waals surface area (Å²) in [7, 11) is 0. The molecule has 3 aliphatic carbocycles. The Labute approximate surface area is 206 Å². The van der Waals surface area contributed by atoms with Gasteiger partial charge in [0.1, 0.15) is 5.75 Å². The lowest BCUT2D eigenvalue weighted by Gasteiger charge is -2.65. The van der Waals surface area contributed by atoms with E-state index in [1.807, 2.05) is 18.5 Å². The van der Waals surface area contributed by atoms with Crippen LogP contribution < -0.4 is 16.8 Å². The summed E-state index contributed by atoms with van der Waals surface area (Å²) in [5.74, 6) is 1.18.